The molecule has 5 rings (SSSR count). The number of anilines is 1. The van der Waals surface area contributed by atoms with E-state index in [4.69, 9.17) is 18.9 Å². The second-order valence-corrected chi connectivity index (χ2v) is 11.3. The Hall–Kier alpha value is -4.78. The first-order valence-corrected chi connectivity index (χ1v) is 14.1. The van der Waals surface area contributed by atoms with Gasteiger partial charge >= 0.3 is 5.97 Å². The van der Waals surface area contributed by atoms with Crippen molar-refractivity contribution in [2.75, 3.05) is 19.5 Å². The van der Waals surface area contributed by atoms with Crippen LogP contribution >= 0.6 is 0 Å². The zero-order valence-electron chi connectivity index (χ0n) is 25.3. The van der Waals surface area contributed by atoms with Gasteiger partial charge in [0.05, 0.1) is 26.2 Å². The monoisotopic (exact) mass is 581 g/mol. The predicted octanol–water partition coefficient (Wildman–Crippen LogP) is 8.15. The number of benzene rings is 4. The summed E-state index contributed by atoms with van der Waals surface area (Å²) in [6.07, 6.45) is 2.29. The van der Waals surface area contributed by atoms with Gasteiger partial charge in [-0.05, 0) is 86.4 Å². The molecule has 0 unspecified atom stereocenters. The Bertz CT molecular complexity index is 1710. The molecule has 4 aromatic rings. The van der Waals surface area contributed by atoms with E-state index in [1.165, 1.54) is 12.1 Å². The summed E-state index contributed by atoms with van der Waals surface area (Å²) in [6.45, 7) is 8.43. The van der Waals surface area contributed by atoms with Crippen LogP contribution in [0.1, 0.15) is 43.0 Å². The van der Waals surface area contributed by atoms with Crippen molar-refractivity contribution < 1.29 is 28.1 Å². The molecule has 0 aromatic heterocycles. The first-order valence-electron chi connectivity index (χ1n) is 14.1. The number of esters is 1. The van der Waals surface area contributed by atoms with Crippen LogP contribution in [0.4, 0.5) is 10.1 Å². The highest BCUT2D eigenvalue weighted by molar-refractivity contribution is 5.88. The molecular formula is C36H36FNO5. The smallest absolute Gasteiger partial charge is 0.315 e. The van der Waals surface area contributed by atoms with Gasteiger partial charge in [-0.25, -0.2) is 4.39 Å². The summed E-state index contributed by atoms with van der Waals surface area (Å²) in [4.78, 5) is 12.8. The fourth-order valence-electron chi connectivity index (χ4n) is 5.55. The van der Waals surface area contributed by atoms with Crippen molar-refractivity contribution in [1.29, 1.82) is 0 Å². The third-order valence-corrected chi connectivity index (χ3v) is 7.44. The molecule has 1 heterocycles. The van der Waals surface area contributed by atoms with Crippen LogP contribution in [0.15, 0.2) is 78.9 Å². The Morgan fingerprint density at radius 1 is 0.860 bits per heavy atom. The van der Waals surface area contributed by atoms with Gasteiger partial charge in [-0.3, -0.25) is 4.79 Å². The third kappa shape index (κ3) is 6.67. The zero-order valence-corrected chi connectivity index (χ0v) is 25.3. The molecule has 43 heavy (non-hydrogen) atoms. The first kappa shape index (κ1) is 29.7. The number of carbonyl (C=O) groups is 1. The number of ether oxygens (including phenoxy) is 4. The lowest BCUT2D eigenvalue weighted by Crippen LogP contribution is -2.32. The van der Waals surface area contributed by atoms with Crippen molar-refractivity contribution in [3.8, 4) is 34.1 Å². The number of methoxy groups -OCH3 is 2. The van der Waals surface area contributed by atoms with Crippen LogP contribution in [0.3, 0.4) is 0 Å². The lowest BCUT2D eigenvalue weighted by atomic mass is 9.85. The summed E-state index contributed by atoms with van der Waals surface area (Å²) >= 11 is 0. The zero-order chi connectivity index (χ0) is 30.7. The standard InChI is InChI=1S/C36H36FNO5/c1-22-10-11-25(37)18-32(22)42-21-30-28(14-15-31-35(30)23(2)20-36(3,4)38-31)29-13-12-27(19-33(29)41-6)43-34(39)17-24-8-7-9-26(16-24)40-5/h7-16,18-20,38H,17,21H2,1-6H3. The van der Waals surface area contributed by atoms with Crippen molar-refractivity contribution in [2.24, 2.45) is 0 Å². The summed E-state index contributed by atoms with van der Waals surface area (Å²) < 4.78 is 37.0. The molecule has 0 saturated carbocycles. The number of carbonyl (C=O) groups excluding carboxylic acids is 1. The minimum absolute atomic E-state index is 0.0992. The number of allylic oxidation sites excluding steroid dienone is 1. The number of fused-ring (bicyclic) bond motifs is 1. The highest BCUT2D eigenvalue weighted by Crippen LogP contribution is 2.43. The van der Waals surface area contributed by atoms with Gasteiger partial charge in [-0.1, -0.05) is 30.3 Å². The first-order chi connectivity index (χ1) is 20.6. The highest BCUT2D eigenvalue weighted by Gasteiger charge is 2.27. The summed E-state index contributed by atoms with van der Waals surface area (Å²) in [5.74, 6) is 1.33. The van der Waals surface area contributed by atoms with E-state index < -0.39 is 5.97 Å². The van der Waals surface area contributed by atoms with E-state index in [9.17, 15) is 9.18 Å². The average Bonchev–Trinajstić information content (AvgIpc) is 2.96. The maximum Gasteiger partial charge on any atom is 0.315 e. The molecule has 222 valence electrons. The molecule has 6 nitrogen and oxygen atoms in total. The van der Waals surface area contributed by atoms with Crippen LogP contribution in [0.2, 0.25) is 0 Å². The molecule has 1 aliphatic rings. The topological polar surface area (TPSA) is 66.0 Å². The van der Waals surface area contributed by atoms with Gasteiger partial charge in [-0.2, -0.15) is 0 Å². The quantitative estimate of drug-likeness (QED) is 0.159. The molecule has 7 heteroatoms. The Morgan fingerprint density at radius 3 is 2.42 bits per heavy atom. The van der Waals surface area contributed by atoms with E-state index >= 15 is 0 Å². The SMILES string of the molecule is COc1cccc(CC(=O)Oc2ccc(-c3ccc4c(c3COc3cc(F)ccc3C)C(C)=CC(C)(C)N4)c(OC)c2)c1. The van der Waals surface area contributed by atoms with E-state index in [0.29, 0.717) is 23.0 Å². The van der Waals surface area contributed by atoms with Gasteiger partial charge in [0.1, 0.15) is 35.4 Å². The average molecular weight is 582 g/mol. The molecule has 0 aliphatic carbocycles. The molecule has 0 atom stereocenters. The van der Waals surface area contributed by atoms with E-state index in [2.05, 4.69) is 38.2 Å². The number of halogens is 1. The number of nitrogens with one attached hydrogen (secondary N) is 1. The molecular weight excluding hydrogens is 545 g/mol. The van der Waals surface area contributed by atoms with Crippen LogP contribution in [0, 0.1) is 12.7 Å². The molecule has 0 amide bonds. The Balaban J connectivity index is 1.49. The van der Waals surface area contributed by atoms with Crippen LogP contribution in [0.5, 0.6) is 23.0 Å². The van der Waals surface area contributed by atoms with Crippen LogP contribution < -0.4 is 24.3 Å². The molecule has 0 saturated heterocycles. The molecule has 0 bridgehead atoms. The minimum Gasteiger partial charge on any atom is -0.497 e. The lowest BCUT2D eigenvalue weighted by Gasteiger charge is -2.33. The summed E-state index contributed by atoms with van der Waals surface area (Å²) in [7, 11) is 3.17. The normalized spacial score (nSPS) is 13.3. The second-order valence-electron chi connectivity index (χ2n) is 11.3. The number of hydrogen-bond acceptors (Lipinski definition) is 6. The molecule has 4 aromatic carbocycles. The van der Waals surface area contributed by atoms with Gasteiger partial charge in [0.25, 0.3) is 0 Å². The minimum atomic E-state index is -0.397. The fraction of sp³-hybridized carbons (Fsp3) is 0.250. The number of hydrogen-bond donors (Lipinski definition) is 1. The maximum absolute atomic E-state index is 14.1. The van der Waals surface area contributed by atoms with Crippen LogP contribution in [-0.2, 0) is 17.8 Å². The van der Waals surface area contributed by atoms with Crippen molar-refractivity contribution in [2.45, 2.75) is 46.3 Å². The molecule has 1 N–H and O–H groups in total. The van der Waals surface area contributed by atoms with Crippen molar-refractivity contribution in [1.82, 2.24) is 0 Å². The molecule has 0 fully saturated rings. The van der Waals surface area contributed by atoms with Crippen molar-refractivity contribution in [3.05, 3.63) is 107 Å². The van der Waals surface area contributed by atoms with E-state index in [0.717, 1.165) is 44.6 Å². The summed E-state index contributed by atoms with van der Waals surface area (Å²) in [5, 5.41) is 3.60. The molecule has 0 radical (unpaired) electrons. The molecule has 0 spiro atoms. The number of rotatable bonds is 9. The summed E-state index contributed by atoms with van der Waals surface area (Å²) in [5.41, 5.74) is 7.18. The van der Waals surface area contributed by atoms with Gasteiger partial charge < -0.3 is 24.3 Å². The van der Waals surface area contributed by atoms with Crippen LogP contribution in [-0.4, -0.2) is 25.7 Å². The number of aryl methyl sites for hydroxylation is 1. The third-order valence-electron chi connectivity index (χ3n) is 7.44. The van der Waals surface area contributed by atoms with E-state index in [1.54, 1.807) is 32.4 Å². The largest absolute Gasteiger partial charge is 0.497 e. The molecule has 1 aliphatic heterocycles. The van der Waals surface area contributed by atoms with Gasteiger partial charge in [0.15, 0.2) is 0 Å². The van der Waals surface area contributed by atoms with Gasteiger partial charge in [-0.15, -0.1) is 0 Å². The summed E-state index contributed by atoms with van der Waals surface area (Å²) in [6, 6.07) is 21.3. The van der Waals surface area contributed by atoms with Crippen molar-refractivity contribution in [3.63, 3.8) is 0 Å². The van der Waals surface area contributed by atoms with Crippen molar-refractivity contribution >= 4 is 17.2 Å². The highest BCUT2D eigenvalue weighted by atomic mass is 19.1. The maximum atomic E-state index is 14.1. The van der Waals surface area contributed by atoms with E-state index in [-0.39, 0.29) is 24.4 Å². The Labute approximate surface area is 252 Å². The van der Waals surface area contributed by atoms with Gasteiger partial charge in [0, 0.05) is 34.5 Å². The lowest BCUT2D eigenvalue weighted by molar-refractivity contribution is -0.133. The second kappa shape index (κ2) is 12.2. The Kier molecular flexibility index (Phi) is 8.44. The van der Waals surface area contributed by atoms with Gasteiger partial charge in [0.2, 0.25) is 0 Å². The Morgan fingerprint density at radius 2 is 1.65 bits per heavy atom. The van der Waals surface area contributed by atoms with Crippen LogP contribution in [0.25, 0.3) is 16.7 Å². The predicted molar refractivity (Wildman–Crippen MR) is 168 cm³/mol. The fourth-order valence-corrected chi connectivity index (χ4v) is 5.55. The van der Waals surface area contributed by atoms with E-state index in [1.807, 2.05) is 43.3 Å².